The predicted octanol–water partition coefficient (Wildman–Crippen LogP) is 4.12. The number of anilines is 1. The summed E-state index contributed by atoms with van der Waals surface area (Å²) >= 11 is 3.32. The molecular weight excluding hydrogens is 271 g/mol. The molecule has 1 rings (SSSR count). The fraction of sp³-hybridized carbons (Fsp3) is 0.400. The van der Waals surface area contributed by atoms with Crippen LogP contribution in [-0.4, -0.2) is 12.7 Å². The van der Waals surface area contributed by atoms with Crippen LogP contribution in [0.3, 0.4) is 0 Å². The van der Waals surface area contributed by atoms with E-state index in [-0.39, 0.29) is 6.54 Å². The molecule has 1 aromatic rings. The average molecular weight is 282 g/mol. The summed E-state index contributed by atoms with van der Waals surface area (Å²) in [5.41, 5.74) is 1.69. The van der Waals surface area contributed by atoms with Gasteiger partial charge in [-0.3, -0.25) is 0 Å². The number of hydrogen-bond donors (Lipinski definition) is 1. The second kappa shape index (κ2) is 4.88. The molecule has 1 nitrogen and oxygen atoms in total. The summed E-state index contributed by atoms with van der Waals surface area (Å²) in [4.78, 5) is 0. The summed E-state index contributed by atoms with van der Waals surface area (Å²) in [6.07, 6.45) is -4.93. The minimum absolute atomic E-state index is 0.106. The summed E-state index contributed by atoms with van der Waals surface area (Å²) < 4.78 is 36.5. The number of halogens is 4. The van der Waals surface area contributed by atoms with Gasteiger partial charge < -0.3 is 5.32 Å². The molecule has 0 saturated carbocycles. The highest BCUT2D eigenvalue weighted by Crippen LogP contribution is 2.26. The lowest BCUT2D eigenvalue weighted by Crippen LogP contribution is -2.14. The van der Waals surface area contributed by atoms with Crippen LogP contribution in [0.1, 0.15) is 12.0 Å². The zero-order valence-corrected chi connectivity index (χ0v) is 9.74. The molecule has 0 heterocycles. The molecule has 1 N–H and O–H groups in total. The molecule has 0 bridgehead atoms. The molecule has 0 aliphatic rings. The van der Waals surface area contributed by atoms with Crippen molar-refractivity contribution in [3.63, 3.8) is 0 Å². The van der Waals surface area contributed by atoms with E-state index in [0.717, 1.165) is 10.0 Å². The Labute approximate surface area is 94.8 Å². The number of benzene rings is 1. The maximum atomic E-state index is 11.9. The van der Waals surface area contributed by atoms with Crippen LogP contribution >= 0.6 is 15.9 Å². The predicted molar refractivity (Wildman–Crippen MR) is 58.0 cm³/mol. The first-order valence-corrected chi connectivity index (χ1v) is 5.25. The summed E-state index contributed by atoms with van der Waals surface area (Å²) in [6.45, 7) is 1.78. The van der Waals surface area contributed by atoms with E-state index in [1.165, 1.54) is 0 Å². The first-order valence-electron chi connectivity index (χ1n) is 4.46. The summed E-state index contributed by atoms with van der Waals surface area (Å²) in [7, 11) is 0. The van der Waals surface area contributed by atoms with E-state index in [0.29, 0.717) is 5.69 Å². The van der Waals surface area contributed by atoms with Crippen molar-refractivity contribution in [1.82, 2.24) is 0 Å². The van der Waals surface area contributed by atoms with Crippen molar-refractivity contribution in [2.24, 2.45) is 0 Å². The summed E-state index contributed by atoms with van der Waals surface area (Å²) in [6, 6.07) is 5.43. The average Bonchev–Trinajstić information content (AvgIpc) is 2.10. The fourth-order valence-corrected chi connectivity index (χ4v) is 1.53. The third-order valence-electron chi connectivity index (χ3n) is 1.92. The molecule has 0 saturated heterocycles. The van der Waals surface area contributed by atoms with Crippen LogP contribution < -0.4 is 5.32 Å². The van der Waals surface area contributed by atoms with Crippen molar-refractivity contribution in [2.45, 2.75) is 19.5 Å². The van der Waals surface area contributed by atoms with Crippen molar-refractivity contribution in [3.8, 4) is 0 Å². The van der Waals surface area contributed by atoms with Crippen LogP contribution in [0, 0.1) is 6.92 Å². The largest absolute Gasteiger partial charge is 0.390 e. The topological polar surface area (TPSA) is 12.0 Å². The minimum atomic E-state index is -4.11. The Balaban J connectivity index is 2.55. The molecule has 0 amide bonds. The normalized spacial score (nSPS) is 11.5. The Hall–Kier alpha value is -0.710. The van der Waals surface area contributed by atoms with Gasteiger partial charge >= 0.3 is 6.18 Å². The standard InChI is InChI=1S/C10H11BrF3N/c1-7-3-2-4-8(9(7)11)15-6-5-10(12,13)14/h2-4,15H,5-6H2,1H3. The van der Waals surface area contributed by atoms with Crippen LogP contribution in [0.4, 0.5) is 18.9 Å². The molecule has 0 aromatic heterocycles. The van der Waals surface area contributed by atoms with Gasteiger partial charge in [0, 0.05) is 16.7 Å². The monoisotopic (exact) mass is 281 g/mol. The minimum Gasteiger partial charge on any atom is -0.384 e. The number of rotatable bonds is 3. The molecule has 5 heteroatoms. The van der Waals surface area contributed by atoms with Crippen LogP contribution in [0.2, 0.25) is 0 Å². The highest BCUT2D eigenvalue weighted by Gasteiger charge is 2.26. The lowest BCUT2D eigenvalue weighted by molar-refractivity contribution is -0.131. The summed E-state index contributed by atoms with van der Waals surface area (Å²) in [5, 5.41) is 2.74. The van der Waals surface area contributed by atoms with Gasteiger partial charge in [-0.1, -0.05) is 12.1 Å². The third kappa shape index (κ3) is 4.11. The Morgan fingerprint density at radius 3 is 2.60 bits per heavy atom. The van der Waals surface area contributed by atoms with Crippen molar-refractivity contribution < 1.29 is 13.2 Å². The van der Waals surface area contributed by atoms with Gasteiger partial charge in [-0.15, -0.1) is 0 Å². The van der Waals surface area contributed by atoms with Crippen LogP contribution in [-0.2, 0) is 0 Å². The van der Waals surface area contributed by atoms with Gasteiger partial charge in [0.15, 0.2) is 0 Å². The molecule has 0 atom stereocenters. The van der Waals surface area contributed by atoms with Gasteiger partial charge in [0.25, 0.3) is 0 Å². The van der Waals surface area contributed by atoms with Crippen LogP contribution in [0.25, 0.3) is 0 Å². The second-order valence-corrected chi connectivity index (χ2v) is 4.02. The van der Waals surface area contributed by atoms with Crippen molar-refractivity contribution >= 4 is 21.6 Å². The highest BCUT2D eigenvalue weighted by atomic mass is 79.9. The van der Waals surface area contributed by atoms with Crippen molar-refractivity contribution in [1.29, 1.82) is 0 Å². The smallest absolute Gasteiger partial charge is 0.384 e. The quantitative estimate of drug-likeness (QED) is 0.879. The number of alkyl halides is 3. The number of aryl methyl sites for hydroxylation is 1. The molecule has 0 aliphatic carbocycles. The number of nitrogens with one attached hydrogen (secondary N) is 1. The molecule has 15 heavy (non-hydrogen) atoms. The van der Waals surface area contributed by atoms with E-state index >= 15 is 0 Å². The zero-order chi connectivity index (χ0) is 11.5. The molecule has 84 valence electrons. The maximum Gasteiger partial charge on any atom is 0.390 e. The third-order valence-corrected chi connectivity index (χ3v) is 2.97. The van der Waals surface area contributed by atoms with Gasteiger partial charge in [0.1, 0.15) is 0 Å². The first kappa shape index (κ1) is 12.4. The van der Waals surface area contributed by atoms with E-state index in [4.69, 9.17) is 0 Å². The molecule has 0 aliphatic heterocycles. The van der Waals surface area contributed by atoms with E-state index in [1.807, 2.05) is 13.0 Å². The van der Waals surface area contributed by atoms with E-state index in [1.54, 1.807) is 12.1 Å². The fourth-order valence-electron chi connectivity index (χ4n) is 1.12. The molecule has 0 radical (unpaired) electrons. The van der Waals surface area contributed by atoms with Crippen molar-refractivity contribution in [3.05, 3.63) is 28.2 Å². The Morgan fingerprint density at radius 2 is 2.00 bits per heavy atom. The molecule has 0 unspecified atom stereocenters. The second-order valence-electron chi connectivity index (χ2n) is 3.23. The van der Waals surface area contributed by atoms with Gasteiger partial charge in [-0.05, 0) is 34.5 Å². The zero-order valence-electron chi connectivity index (χ0n) is 8.16. The van der Waals surface area contributed by atoms with E-state index in [9.17, 15) is 13.2 Å². The number of hydrogen-bond acceptors (Lipinski definition) is 1. The SMILES string of the molecule is Cc1cccc(NCCC(F)(F)F)c1Br. The van der Waals surface area contributed by atoms with Gasteiger partial charge in [-0.25, -0.2) is 0 Å². The molecule has 0 spiro atoms. The van der Waals surface area contributed by atoms with E-state index in [2.05, 4.69) is 21.2 Å². The van der Waals surface area contributed by atoms with Crippen molar-refractivity contribution in [2.75, 3.05) is 11.9 Å². The lowest BCUT2D eigenvalue weighted by Gasteiger charge is -2.11. The Bertz CT molecular complexity index is 336. The first-order chi connectivity index (χ1) is 6.90. The molecule has 1 aromatic carbocycles. The van der Waals surface area contributed by atoms with Crippen LogP contribution in [0.5, 0.6) is 0 Å². The highest BCUT2D eigenvalue weighted by molar-refractivity contribution is 9.10. The lowest BCUT2D eigenvalue weighted by atomic mass is 10.2. The Morgan fingerprint density at radius 1 is 1.33 bits per heavy atom. The molecular formula is C10H11BrF3N. The van der Waals surface area contributed by atoms with E-state index < -0.39 is 12.6 Å². The van der Waals surface area contributed by atoms with Gasteiger partial charge in [-0.2, -0.15) is 13.2 Å². The van der Waals surface area contributed by atoms with Crippen LogP contribution in [0.15, 0.2) is 22.7 Å². The van der Waals surface area contributed by atoms with Gasteiger partial charge in [0.2, 0.25) is 0 Å². The van der Waals surface area contributed by atoms with Gasteiger partial charge in [0.05, 0.1) is 6.42 Å². The maximum absolute atomic E-state index is 11.9. The Kier molecular flexibility index (Phi) is 4.02. The molecule has 0 fully saturated rings. The summed E-state index contributed by atoms with van der Waals surface area (Å²) in [5.74, 6) is 0.